The molecule has 0 saturated carbocycles. The largest absolute Gasteiger partial charge is 0.481 e. The quantitative estimate of drug-likeness (QED) is 0.734. The van der Waals surface area contributed by atoms with Gasteiger partial charge >= 0.3 is 0 Å². The lowest BCUT2D eigenvalue weighted by Crippen LogP contribution is -1.91. The third kappa shape index (κ3) is 2.11. The van der Waals surface area contributed by atoms with Gasteiger partial charge in [0.15, 0.2) is 0 Å². The van der Waals surface area contributed by atoms with Crippen LogP contribution in [-0.4, -0.2) is 18.6 Å². The molecule has 0 saturated heterocycles. The lowest BCUT2D eigenvalue weighted by Gasteiger charge is -2.04. The van der Waals surface area contributed by atoms with Crippen LogP contribution < -0.4 is 4.74 Å². The molecule has 1 heterocycles. The first-order valence-corrected chi connectivity index (χ1v) is 4.82. The van der Waals surface area contributed by atoms with E-state index in [1.165, 1.54) is 0 Å². The Morgan fingerprint density at radius 2 is 2.19 bits per heavy atom. The van der Waals surface area contributed by atoms with E-state index in [-0.39, 0.29) is 6.61 Å². The Bertz CT molecular complexity index is 511. The van der Waals surface area contributed by atoms with Gasteiger partial charge in [-0.05, 0) is 23.8 Å². The van der Waals surface area contributed by atoms with Crippen LogP contribution in [0.25, 0.3) is 10.9 Å². The van der Waals surface area contributed by atoms with Crippen LogP contribution in [0.2, 0.25) is 0 Å². The number of ether oxygens (including phenoxy) is 2. The van der Waals surface area contributed by atoms with Gasteiger partial charge < -0.3 is 9.47 Å². The highest BCUT2D eigenvalue weighted by Gasteiger charge is 2.00. The summed E-state index contributed by atoms with van der Waals surface area (Å²) in [5.41, 5.74) is 1.79. The van der Waals surface area contributed by atoms with Gasteiger partial charge in [0.2, 0.25) is 5.88 Å². The van der Waals surface area contributed by atoms with Gasteiger partial charge in [-0.1, -0.05) is 6.07 Å². The van der Waals surface area contributed by atoms with Gasteiger partial charge in [-0.25, -0.2) is 4.98 Å². The molecule has 4 heteroatoms. The molecule has 0 N–H and O–H groups in total. The minimum atomic E-state index is 0.283. The second-order valence-corrected chi connectivity index (χ2v) is 3.29. The molecule has 4 nitrogen and oxygen atoms in total. The Balaban J connectivity index is 2.35. The fourth-order valence-electron chi connectivity index (χ4n) is 1.49. The van der Waals surface area contributed by atoms with Gasteiger partial charge in [-0.15, -0.1) is 0 Å². The van der Waals surface area contributed by atoms with Crippen LogP contribution in [0.5, 0.6) is 5.88 Å². The van der Waals surface area contributed by atoms with Crippen molar-refractivity contribution in [3.8, 4) is 5.88 Å². The fourth-order valence-corrected chi connectivity index (χ4v) is 1.49. The number of aromatic nitrogens is 1. The molecule has 0 spiro atoms. The SMILES string of the molecule is COc1ccc2cc(COC=O)ccc2n1. The van der Waals surface area contributed by atoms with Crippen molar-refractivity contribution < 1.29 is 14.3 Å². The minimum absolute atomic E-state index is 0.283. The first-order valence-electron chi connectivity index (χ1n) is 4.82. The summed E-state index contributed by atoms with van der Waals surface area (Å²) in [6, 6.07) is 9.41. The smallest absolute Gasteiger partial charge is 0.293 e. The Kier molecular flexibility index (Phi) is 3.00. The molecular weight excluding hydrogens is 206 g/mol. The summed E-state index contributed by atoms with van der Waals surface area (Å²) >= 11 is 0. The highest BCUT2D eigenvalue weighted by Crippen LogP contribution is 2.18. The monoisotopic (exact) mass is 217 g/mol. The van der Waals surface area contributed by atoms with Crippen LogP contribution in [0.3, 0.4) is 0 Å². The second kappa shape index (κ2) is 4.61. The molecular formula is C12H11NO3. The third-order valence-electron chi connectivity index (χ3n) is 2.26. The summed E-state index contributed by atoms with van der Waals surface area (Å²) in [4.78, 5) is 14.4. The van der Waals surface area contributed by atoms with Crippen molar-refractivity contribution in [2.24, 2.45) is 0 Å². The summed E-state index contributed by atoms with van der Waals surface area (Å²) in [6.07, 6.45) is 0. The number of nitrogens with zero attached hydrogens (tertiary/aromatic N) is 1. The molecule has 0 radical (unpaired) electrons. The highest BCUT2D eigenvalue weighted by atomic mass is 16.5. The third-order valence-corrected chi connectivity index (χ3v) is 2.26. The van der Waals surface area contributed by atoms with E-state index < -0.39 is 0 Å². The van der Waals surface area contributed by atoms with Crippen LogP contribution in [0, 0.1) is 0 Å². The zero-order chi connectivity index (χ0) is 11.4. The number of hydrogen-bond donors (Lipinski definition) is 0. The number of carbonyl (C=O) groups is 1. The molecule has 0 aliphatic heterocycles. The van der Waals surface area contributed by atoms with E-state index >= 15 is 0 Å². The average molecular weight is 217 g/mol. The van der Waals surface area contributed by atoms with Gasteiger partial charge in [-0.3, -0.25) is 4.79 Å². The summed E-state index contributed by atoms with van der Waals surface area (Å²) < 4.78 is 9.72. The Morgan fingerprint density at radius 1 is 1.31 bits per heavy atom. The molecule has 2 rings (SSSR count). The maximum atomic E-state index is 10.1. The van der Waals surface area contributed by atoms with Crippen LogP contribution in [0.4, 0.5) is 0 Å². The molecule has 0 atom stereocenters. The number of methoxy groups -OCH3 is 1. The van der Waals surface area contributed by atoms with E-state index in [9.17, 15) is 4.79 Å². The molecule has 1 aromatic carbocycles. The van der Waals surface area contributed by atoms with Crippen molar-refractivity contribution in [3.05, 3.63) is 35.9 Å². The topological polar surface area (TPSA) is 48.4 Å². The van der Waals surface area contributed by atoms with Gasteiger partial charge in [0.05, 0.1) is 12.6 Å². The molecule has 0 bridgehead atoms. The summed E-state index contributed by atoms with van der Waals surface area (Å²) in [7, 11) is 1.58. The minimum Gasteiger partial charge on any atom is -0.481 e. The van der Waals surface area contributed by atoms with Gasteiger partial charge in [0.25, 0.3) is 6.47 Å². The van der Waals surface area contributed by atoms with Crippen LogP contribution in [0.1, 0.15) is 5.56 Å². The number of fused-ring (bicyclic) bond motifs is 1. The predicted octanol–water partition coefficient (Wildman–Crippen LogP) is 1.92. The summed E-state index contributed by atoms with van der Waals surface area (Å²) in [5.74, 6) is 0.587. The lowest BCUT2D eigenvalue weighted by molar-refractivity contribution is -0.129. The number of hydrogen-bond acceptors (Lipinski definition) is 4. The number of pyridine rings is 1. The van der Waals surface area contributed by atoms with Crippen molar-refractivity contribution in [2.45, 2.75) is 6.61 Å². The van der Waals surface area contributed by atoms with E-state index in [1.807, 2.05) is 24.3 Å². The maximum absolute atomic E-state index is 10.1. The zero-order valence-corrected chi connectivity index (χ0v) is 8.84. The van der Waals surface area contributed by atoms with E-state index in [0.29, 0.717) is 12.4 Å². The Hall–Kier alpha value is -2.10. The standard InChI is InChI=1S/C12H11NO3/c1-15-12-5-3-10-6-9(7-16-8-14)2-4-11(10)13-12/h2-6,8H,7H2,1H3. The van der Waals surface area contributed by atoms with Crippen molar-refractivity contribution in [1.29, 1.82) is 0 Å². The van der Waals surface area contributed by atoms with Crippen molar-refractivity contribution in [3.63, 3.8) is 0 Å². The van der Waals surface area contributed by atoms with Crippen molar-refractivity contribution in [2.75, 3.05) is 7.11 Å². The van der Waals surface area contributed by atoms with Crippen LogP contribution in [0.15, 0.2) is 30.3 Å². The molecule has 0 fully saturated rings. The van der Waals surface area contributed by atoms with Crippen molar-refractivity contribution in [1.82, 2.24) is 4.98 Å². The number of benzene rings is 1. The Labute approximate surface area is 92.8 Å². The van der Waals surface area contributed by atoms with E-state index in [2.05, 4.69) is 9.72 Å². The molecule has 16 heavy (non-hydrogen) atoms. The van der Waals surface area contributed by atoms with E-state index in [1.54, 1.807) is 13.2 Å². The van der Waals surface area contributed by atoms with Crippen LogP contribution >= 0.6 is 0 Å². The van der Waals surface area contributed by atoms with Crippen LogP contribution in [-0.2, 0) is 16.1 Å². The number of carbonyl (C=O) groups excluding carboxylic acids is 1. The second-order valence-electron chi connectivity index (χ2n) is 3.29. The lowest BCUT2D eigenvalue weighted by atomic mass is 10.1. The first kappa shape index (κ1) is 10.4. The fraction of sp³-hybridized carbons (Fsp3) is 0.167. The molecule has 1 aromatic heterocycles. The zero-order valence-electron chi connectivity index (χ0n) is 8.84. The van der Waals surface area contributed by atoms with Gasteiger partial charge in [-0.2, -0.15) is 0 Å². The average Bonchev–Trinajstić information content (AvgIpc) is 2.35. The van der Waals surface area contributed by atoms with E-state index in [0.717, 1.165) is 16.5 Å². The highest BCUT2D eigenvalue weighted by molar-refractivity contribution is 5.79. The predicted molar refractivity (Wildman–Crippen MR) is 59.1 cm³/mol. The summed E-state index contributed by atoms with van der Waals surface area (Å²) in [6.45, 7) is 0.724. The molecule has 0 unspecified atom stereocenters. The normalized spacial score (nSPS) is 10.1. The molecule has 2 aromatic rings. The molecule has 0 aliphatic rings. The Morgan fingerprint density at radius 3 is 2.94 bits per heavy atom. The number of rotatable bonds is 4. The molecule has 0 aliphatic carbocycles. The van der Waals surface area contributed by atoms with Gasteiger partial charge in [0.1, 0.15) is 6.61 Å². The maximum Gasteiger partial charge on any atom is 0.293 e. The van der Waals surface area contributed by atoms with Crippen molar-refractivity contribution >= 4 is 17.4 Å². The van der Waals surface area contributed by atoms with E-state index in [4.69, 9.17) is 4.74 Å². The first-order chi connectivity index (χ1) is 7.83. The molecule has 0 amide bonds. The molecule has 82 valence electrons. The van der Waals surface area contributed by atoms with Gasteiger partial charge in [0, 0.05) is 11.5 Å². The summed E-state index contributed by atoms with van der Waals surface area (Å²) in [5, 5.41) is 0.993.